The lowest BCUT2D eigenvalue weighted by Gasteiger charge is -2.29. The number of halogens is 3. The molecule has 0 saturated carbocycles. The number of anilines is 1. The minimum Gasteiger partial charge on any atom is -0.372 e. The van der Waals surface area contributed by atoms with Gasteiger partial charge in [0, 0.05) is 35.5 Å². The van der Waals surface area contributed by atoms with Crippen LogP contribution in [0.3, 0.4) is 0 Å². The van der Waals surface area contributed by atoms with Crippen LogP contribution >= 0.6 is 12.4 Å². The van der Waals surface area contributed by atoms with E-state index in [0.29, 0.717) is 22.4 Å². The summed E-state index contributed by atoms with van der Waals surface area (Å²) in [6, 6.07) is 18.9. The van der Waals surface area contributed by atoms with E-state index in [1.165, 1.54) is 25.3 Å². The number of fused-ring (bicyclic) bond motifs is 1. The SMILES string of the molecule is Cl.FC(F)c1cc(-c2cccc(N3CCCCC3)c2)nc2[nH]nc(-c3ccccc3)c12. The molecule has 0 aliphatic carbocycles. The van der Waals surface area contributed by atoms with Gasteiger partial charge in [-0.15, -0.1) is 12.4 Å². The number of alkyl halides is 2. The maximum atomic E-state index is 14.1. The predicted molar refractivity (Wildman–Crippen MR) is 123 cm³/mol. The fraction of sp³-hybridized carbons (Fsp3) is 0.250. The molecule has 4 aromatic rings. The Morgan fingerprint density at radius 2 is 1.61 bits per heavy atom. The molecule has 1 saturated heterocycles. The number of nitrogens with one attached hydrogen (secondary N) is 1. The van der Waals surface area contributed by atoms with Crippen molar-refractivity contribution in [2.45, 2.75) is 25.7 Å². The Labute approximate surface area is 185 Å². The van der Waals surface area contributed by atoms with Gasteiger partial charge < -0.3 is 4.90 Å². The molecule has 2 aromatic heterocycles. The number of H-pyrrole nitrogens is 1. The van der Waals surface area contributed by atoms with Gasteiger partial charge >= 0.3 is 0 Å². The first kappa shape index (κ1) is 21.2. The Morgan fingerprint density at radius 1 is 0.871 bits per heavy atom. The molecule has 31 heavy (non-hydrogen) atoms. The van der Waals surface area contributed by atoms with E-state index in [1.54, 1.807) is 0 Å². The summed E-state index contributed by atoms with van der Waals surface area (Å²) in [5, 5.41) is 7.55. The number of aromatic amines is 1. The molecule has 0 atom stereocenters. The van der Waals surface area contributed by atoms with Crippen LogP contribution in [0.25, 0.3) is 33.5 Å². The zero-order valence-electron chi connectivity index (χ0n) is 16.9. The van der Waals surface area contributed by atoms with Gasteiger partial charge in [0.25, 0.3) is 6.43 Å². The third-order valence-corrected chi connectivity index (χ3v) is 5.71. The van der Waals surface area contributed by atoms with Crippen molar-refractivity contribution in [3.05, 3.63) is 66.2 Å². The summed E-state index contributed by atoms with van der Waals surface area (Å²) in [4.78, 5) is 7.00. The quantitative estimate of drug-likeness (QED) is 0.386. The zero-order valence-corrected chi connectivity index (χ0v) is 17.7. The molecule has 0 amide bonds. The van der Waals surface area contributed by atoms with E-state index in [1.807, 2.05) is 48.5 Å². The fourth-order valence-corrected chi connectivity index (χ4v) is 4.20. The van der Waals surface area contributed by atoms with Gasteiger partial charge in [-0.1, -0.05) is 42.5 Å². The second-order valence-corrected chi connectivity index (χ2v) is 7.66. The normalized spacial score (nSPS) is 14.1. The average molecular weight is 441 g/mol. The summed E-state index contributed by atoms with van der Waals surface area (Å²) in [7, 11) is 0. The molecular formula is C24H23ClF2N4. The number of hydrogen-bond acceptors (Lipinski definition) is 3. The van der Waals surface area contributed by atoms with Crippen LogP contribution in [0.2, 0.25) is 0 Å². The molecule has 0 radical (unpaired) electrons. The van der Waals surface area contributed by atoms with E-state index in [-0.39, 0.29) is 18.0 Å². The molecule has 7 heteroatoms. The standard InChI is InChI=1S/C24H22F2N4.ClH/c25-23(26)19-15-20(17-10-7-11-18(14-17)30-12-5-2-6-13-30)27-24-21(19)22(28-29-24)16-8-3-1-4-9-16;/h1,3-4,7-11,14-15,23H,2,5-6,12-13H2,(H,27,28,29);1H. The highest BCUT2D eigenvalue weighted by Gasteiger charge is 2.21. The number of pyridine rings is 1. The highest BCUT2D eigenvalue weighted by atomic mass is 35.5. The number of aromatic nitrogens is 3. The first-order valence-electron chi connectivity index (χ1n) is 10.3. The number of hydrogen-bond donors (Lipinski definition) is 1. The lowest BCUT2D eigenvalue weighted by atomic mass is 10.0. The van der Waals surface area contributed by atoms with Crippen molar-refractivity contribution in [2.24, 2.45) is 0 Å². The lowest BCUT2D eigenvalue weighted by Crippen LogP contribution is -2.29. The molecule has 160 valence electrons. The van der Waals surface area contributed by atoms with Crippen molar-refractivity contribution in [2.75, 3.05) is 18.0 Å². The van der Waals surface area contributed by atoms with Crippen molar-refractivity contribution in [1.82, 2.24) is 15.2 Å². The third kappa shape index (κ3) is 4.12. The van der Waals surface area contributed by atoms with Crippen LogP contribution in [-0.2, 0) is 0 Å². The van der Waals surface area contributed by atoms with E-state index in [4.69, 9.17) is 0 Å². The van der Waals surface area contributed by atoms with Gasteiger partial charge in [-0.2, -0.15) is 5.10 Å². The molecule has 2 aromatic carbocycles. The zero-order chi connectivity index (χ0) is 20.5. The van der Waals surface area contributed by atoms with Crippen LogP contribution in [0.15, 0.2) is 60.7 Å². The maximum absolute atomic E-state index is 14.1. The molecule has 1 aliphatic rings. The van der Waals surface area contributed by atoms with Crippen LogP contribution in [0.5, 0.6) is 0 Å². The maximum Gasteiger partial charge on any atom is 0.264 e. The first-order chi connectivity index (χ1) is 14.7. The van der Waals surface area contributed by atoms with Crippen molar-refractivity contribution >= 4 is 29.1 Å². The number of rotatable bonds is 4. The molecule has 4 nitrogen and oxygen atoms in total. The van der Waals surface area contributed by atoms with Crippen molar-refractivity contribution in [3.8, 4) is 22.5 Å². The van der Waals surface area contributed by atoms with Gasteiger partial charge in [-0.05, 0) is 37.5 Å². The van der Waals surface area contributed by atoms with E-state index >= 15 is 0 Å². The molecule has 1 aliphatic heterocycles. The van der Waals surface area contributed by atoms with Gasteiger partial charge in [0.15, 0.2) is 5.65 Å². The van der Waals surface area contributed by atoms with Crippen LogP contribution in [0.1, 0.15) is 31.3 Å². The highest BCUT2D eigenvalue weighted by molar-refractivity contribution is 5.95. The summed E-state index contributed by atoms with van der Waals surface area (Å²) < 4.78 is 28.1. The molecule has 1 fully saturated rings. The molecule has 0 bridgehead atoms. The summed E-state index contributed by atoms with van der Waals surface area (Å²) >= 11 is 0. The molecule has 0 unspecified atom stereocenters. The van der Waals surface area contributed by atoms with Crippen molar-refractivity contribution < 1.29 is 8.78 Å². The number of piperidine rings is 1. The molecule has 1 N–H and O–H groups in total. The van der Waals surface area contributed by atoms with Gasteiger partial charge in [-0.25, -0.2) is 13.8 Å². The molecule has 3 heterocycles. The van der Waals surface area contributed by atoms with E-state index in [9.17, 15) is 8.78 Å². The van der Waals surface area contributed by atoms with Gasteiger partial charge in [0.2, 0.25) is 0 Å². The van der Waals surface area contributed by atoms with Crippen LogP contribution in [0.4, 0.5) is 14.5 Å². The predicted octanol–water partition coefficient (Wildman–Crippen LogP) is 6.64. The average Bonchev–Trinajstić information content (AvgIpc) is 3.24. The van der Waals surface area contributed by atoms with Gasteiger partial charge in [-0.3, -0.25) is 5.10 Å². The Hall–Kier alpha value is -2.99. The second-order valence-electron chi connectivity index (χ2n) is 7.66. The topological polar surface area (TPSA) is 44.8 Å². The van der Waals surface area contributed by atoms with E-state index < -0.39 is 6.43 Å². The smallest absolute Gasteiger partial charge is 0.264 e. The van der Waals surface area contributed by atoms with Gasteiger partial charge in [0.05, 0.1) is 11.1 Å². The first-order valence-corrected chi connectivity index (χ1v) is 10.3. The van der Waals surface area contributed by atoms with E-state index in [2.05, 4.69) is 26.1 Å². The van der Waals surface area contributed by atoms with Crippen LogP contribution in [0, 0.1) is 0 Å². The van der Waals surface area contributed by atoms with E-state index in [0.717, 1.165) is 29.9 Å². The highest BCUT2D eigenvalue weighted by Crippen LogP contribution is 2.36. The fourth-order valence-electron chi connectivity index (χ4n) is 4.20. The monoisotopic (exact) mass is 440 g/mol. The Balaban J connectivity index is 0.00000231. The minimum absolute atomic E-state index is 0. The summed E-state index contributed by atoms with van der Waals surface area (Å²) in [6.45, 7) is 2.05. The summed E-state index contributed by atoms with van der Waals surface area (Å²) in [5.41, 5.74) is 4.09. The Morgan fingerprint density at radius 3 is 2.35 bits per heavy atom. The number of benzene rings is 2. The second kappa shape index (κ2) is 9.02. The van der Waals surface area contributed by atoms with Crippen LogP contribution < -0.4 is 4.90 Å². The number of nitrogens with zero attached hydrogens (tertiary/aromatic N) is 3. The summed E-state index contributed by atoms with van der Waals surface area (Å²) in [5.74, 6) is 0. The molecule has 0 spiro atoms. The minimum atomic E-state index is -2.63. The third-order valence-electron chi connectivity index (χ3n) is 5.71. The lowest BCUT2D eigenvalue weighted by molar-refractivity contribution is 0.153. The molecule has 5 rings (SSSR count). The van der Waals surface area contributed by atoms with Crippen LogP contribution in [-0.4, -0.2) is 28.3 Å². The molecular weight excluding hydrogens is 418 g/mol. The largest absolute Gasteiger partial charge is 0.372 e. The van der Waals surface area contributed by atoms with Crippen molar-refractivity contribution in [1.29, 1.82) is 0 Å². The van der Waals surface area contributed by atoms with Crippen molar-refractivity contribution in [3.63, 3.8) is 0 Å². The Bertz CT molecular complexity index is 1170. The Kier molecular flexibility index (Phi) is 6.18. The summed E-state index contributed by atoms with van der Waals surface area (Å²) in [6.07, 6.45) is 0.996. The van der Waals surface area contributed by atoms with Gasteiger partial charge in [0.1, 0.15) is 5.69 Å².